The molecule has 12 heavy (non-hydrogen) atoms. The van der Waals surface area contributed by atoms with Gasteiger partial charge in [0, 0.05) is 26.0 Å². The smallest absolute Gasteiger partial charge is 0.171 e. The van der Waals surface area contributed by atoms with Crippen LogP contribution in [0.3, 0.4) is 0 Å². The van der Waals surface area contributed by atoms with E-state index in [1.54, 1.807) is 18.5 Å². The zero-order chi connectivity index (χ0) is 8.97. The van der Waals surface area contributed by atoms with Crippen molar-refractivity contribution in [1.82, 2.24) is 9.97 Å². The van der Waals surface area contributed by atoms with Gasteiger partial charge in [-0.25, -0.2) is 9.97 Å². The van der Waals surface area contributed by atoms with Gasteiger partial charge in [0.2, 0.25) is 0 Å². The second-order valence-corrected chi connectivity index (χ2v) is 2.43. The highest BCUT2D eigenvalue weighted by atomic mass is 15.2. The third-order valence-corrected chi connectivity index (χ3v) is 1.47. The van der Waals surface area contributed by atoms with Crippen LogP contribution < -0.4 is 10.6 Å². The van der Waals surface area contributed by atoms with Crippen LogP contribution in [0.5, 0.6) is 0 Å². The van der Waals surface area contributed by atoms with Crippen molar-refractivity contribution >= 4 is 11.6 Å². The molecule has 0 aliphatic rings. The second-order valence-electron chi connectivity index (χ2n) is 2.43. The van der Waals surface area contributed by atoms with E-state index in [0.29, 0.717) is 18.2 Å². The molecule has 0 radical (unpaired) electrons. The molecule has 0 saturated heterocycles. The number of nitrogens with two attached hydrogens (primary N) is 1. The van der Waals surface area contributed by atoms with E-state index in [1.165, 1.54) is 0 Å². The lowest BCUT2D eigenvalue weighted by Crippen LogP contribution is -2.19. The summed E-state index contributed by atoms with van der Waals surface area (Å²) in [5.41, 5.74) is 5.60. The standard InChI is InChI=1S/C8H12N4/c1-3-6-12(2)8-7(9)10-4-5-11-8/h3-5H,1,6H2,2H3,(H2,9,10). The van der Waals surface area contributed by atoms with Crippen molar-refractivity contribution in [3.63, 3.8) is 0 Å². The number of nitrogens with zero attached hydrogens (tertiary/aromatic N) is 3. The van der Waals surface area contributed by atoms with E-state index in [9.17, 15) is 0 Å². The fraction of sp³-hybridized carbons (Fsp3) is 0.250. The summed E-state index contributed by atoms with van der Waals surface area (Å²) in [4.78, 5) is 9.89. The topological polar surface area (TPSA) is 55.0 Å². The zero-order valence-electron chi connectivity index (χ0n) is 7.07. The maximum Gasteiger partial charge on any atom is 0.171 e. The monoisotopic (exact) mass is 164 g/mol. The summed E-state index contributed by atoms with van der Waals surface area (Å²) in [6.07, 6.45) is 4.97. The van der Waals surface area contributed by atoms with Crippen molar-refractivity contribution in [3.05, 3.63) is 25.0 Å². The molecule has 0 unspecified atom stereocenters. The van der Waals surface area contributed by atoms with Crippen LogP contribution in [0.15, 0.2) is 25.0 Å². The fourth-order valence-corrected chi connectivity index (χ4v) is 0.916. The van der Waals surface area contributed by atoms with Crippen LogP contribution in [-0.2, 0) is 0 Å². The van der Waals surface area contributed by atoms with Crippen molar-refractivity contribution in [2.24, 2.45) is 0 Å². The molecule has 0 atom stereocenters. The van der Waals surface area contributed by atoms with Gasteiger partial charge in [0.1, 0.15) is 0 Å². The van der Waals surface area contributed by atoms with Gasteiger partial charge in [-0.3, -0.25) is 0 Å². The Morgan fingerprint density at radius 2 is 2.25 bits per heavy atom. The maximum atomic E-state index is 5.60. The van der Waals surface area contributed by atoms with Gasteiger partial charge in [0.15, 0.2) is 11.6 Å². The Morgan fingerprint density at radius 1 is 1.58 bits per heavy atom. The van der Waals surface area contributed by atoms with Gasteiger partial charge in [-0.2, -0.15) is 0 Å². The summed E-state index contributed by atoms with van der Waals surface area (Å²) in [6.45, 7) is 4.34. The molecule has 0 bridgehead atoms. The first-order valence-electron chi connectivity index (χ1n) is 3.64. The molecule has 0 spiro atoms. The second kappa shape index (κ2) is 3.71. The Morgan fingerprint density at radius 3 is 2.83 bits per heavy atom. The average Bonchev–Trinajstić information content (AvgIpc) is 2.05. The van der Waals surface area contributed by atoms with Crippen molar-refractivity contribution in [2.45, 2.75) is 0 Å². The molecule has 1 aromatic heterocycles. The van der Waals surface area contributed by atoms with E-state index >= 15 is 0 Å². The van der Waals surface area contributed by atoms with Gasteiger partial charge in [0.25, 0.3) is 0 Å². The summed E-state index contributed by atoms with van der Waals surface area (Å²) in [6, 6.07) is 0. The number of nitrogen functional groups attached to an aromatic ring is 1. The molecule has 0 amide bonds. The van der Waals surface area contributed by atoms with Crippen LogP contribution in [0.25, 0.3) is 0 Å². The Balaban J connectivity index is 2.86. The van der Waals surface area contributed by atoms with E-state index in [4.69, 9.17) is 5.73 Å². The third kappa shape index (κ3) is 1.72. The summed E-state index contributed by atoms with van der Waals surface area (Å²) in [5.74, 6) is 1.14. The molecule has 0 aliphatic carbocycles. The largest absolute Gasteiger partial charge is 0.381 e. The number of likely N-dealkylation sites (N-methyl/N-ethyl adjacent to an activating group) is 1. The lowest BCUT2D eigenvalue weighted by atomic mass is 10.5. The maximum absolute atomic E-state index is 5.60. The van der Waals surface area contributed by atoms with E-state index in [1.807, 2.05) is 11.9 Å². The van der Waals surface area contributed by atoms with Crippen molar-refractivity contribution in [3.8, 4) is 0 Å². The molecule has 2 N–H and O–H groups in total. The minimum Gasteiger partial charge on any atom is -0.381 e. The molecule has 1 heterocycles. The Kier molecular flexibility index (Phi) is 2.63. The van der Waals surface area contributed by atoms with Crippen LogP contribution in [0.4, 0.5) is 11.6 Å². The fourth-order valence-electron chi connectivity index (χ4n) is 0.916. The summed E-state index contributed by atoms with van der Waals surface area (Å²) >= 11 is 0. The molecule has 64 valence electrons. The van der Waals surface area contributed by atoms with Gasteiger partial charge >= 0.3 is 0 Å². The molecular formula is C8H12N4. The Hall–Kier alpha value is -1.58. The Bertz CT molecular complexity index is 272. The zero-order valence-corrected chi connectivity index (χ0v) is 7.07. The lowest BCUT2D eigenvalue weighted by Gasteiger charge is -2.16. The van der Waals surface area contributed by atoms with Gasteiger partial charge in [-0.15, -0.1) is 6.58 Å². The summed E-state index contributed by atoms with van der Waals surface area (Å²) < 4.78 is 0. The molecule has 1 aromatic rings. The number of aromatic nitrogens is 2. The summed E-state index contributed by atoms with van der Waals surface area (Å²) in [5, 5.41) is 0. The molecule has 0 aromatic carbocycles. The lowest BCUT2D eigenvalue weighted by molar-refractivity contribution is 0.981. The van der Waals surface area contributed by atoms with Gasteiger partial charge in [-0.05, 0) is 0 Å². The highest BCUT2D eigenvalue weighted by Crippen LogP contribution is 2.13. The Labute approximate surface area is 71.7 Å². The first-order valence-corrected chi connectivity index (χ1v) is 3.64. The first kappa shape index (κ1) is 8.52. The molecule has 1 rings (SSSR count). The van der Waals surface area contributed by atoms with E-state index in [-0.39, 0.29) is 0 Å². The van der Waals surface area contributed by atoms with Crippen molar-refractivity contribution in [1.29, 1.82) is 0 Å². The van der Waals surface area contributed by atoms with Crippen LogP contribution in [0, 0.1) is 0 Å². The van der Waals surface area contributed by atoms with Crippen LogP contribution in [0.1, 0.15) is 0 Å². The van der Waals surface area contributed by atoms with Crippen LogP contribution in [0.2, 0.25) is 0 Å². The molecule has 0 saturated carbocycles. The molecule has 0 aliphatic heterocycles. The van der Waals surface area contributed by atoms with E-state index in [0.717, 1.165) is 0 Å². The average molecular weight is 164 g/mol. The minimum atomic E-state index is 0.446. The number of anilines is 2. The number of hydrogen-bond acceptors (Lipinski definition) is 4. The minimum absolute atomic E-state index is 0.446. The molecule has 4 heteroatoms. The first-order chi connectivity index (χ1) is 5.75. The normalized spacial score (nSPS) is 9.42. The third-order valence-electron chi connectivity index (χ3n) is 1.47. The van der Waals surface area contributed by atoms with Crippen LogP contribution >= 0.6 is 0 Å². The number of hydrogen-bond donors (Lipinski definition) is 1. The highest BCUT2D eigenvalue weighted by molar-refractivity contribution is 5.56. The highest BCUT2D eigenvalue weighted by Gasteiger charge is 2.04. The quantitative estimate of drug-likeness (QED) is 0.667. The summed E-state index contributed by atoms with van der Waals surface area (Å²) in [7, 11) is 1.89. The van der Waals surface area contributed by atoms with Crippen molar-refractivity contribution < 1.29 is 0 Å². The van der Waals surface area contributed by atoms with Gasteiger partial charge in [0.05, 0.1) is 0 Å². The molecule has 4 nitrogen and oxygen atoms in total. The SMILES string of the molecule is C=CCN(C)c1nccnc1N. The van der Waals surface area contributed by atoms with Gasteiger partial charge < -0.3 is 10.6 Å². The van der Waals surface area contributed by atoms with Crippen LogP contribution in [-0.4, -0.2) is 23.6 Å². The predicted molar refractivity (Wildman–Crippen MR) is 49.9 cm³/mol. The van der Waals surface area contributed by atoms with E-state index in [2.05, 4.69) is 16.5 Å². The molecule has 0 fully saturated rings. The predicted octanol–water partition coefficient (Wildman–Crippen LogP) is 0.681. The van der Waals surface area contributed by atoms with Gasteiger partial charge in [-0.1, -0.05) is 6.08 Å². The van der Waals surface area contributed by atoms with E-state index < -0.39 is 0 Å². The number of rotatable bonds is 3. The van der Waals surface area contributed by atoms with Crippen molar-refractivity contribution in [2.75, 3.05) is 24.2 Å². The molecular weight excluding hydrogens is 152 g/mol.